The largest absolute Gasteiger partial charge is 0.490 e. The van der Waals surface area contributed by atoms with Gasteiger partial charge in [-0.3, -0.25) is 9.52 Å². The van der Waals surface area contributed by atoms with Gasteiger partial charge < -0.3 is 24.0 Å². The van der Waals surface area contributed by atoms with E-state index in [0.717, 1.165) is 30.7 Å². The average molecular weight is 725 g/mol. The van der Waals surface area contributed by atoms with E-state index in [2.05, 4.69) is 9.88 Å². The fourth-order valence-electron chi connectivity index (χ4n) is 5.63. The zero-order valence-corrected chi connectivity index (χ0v) is 30.2. The third-order valence-corrected chi connectivity index (χ3v) is 12.0. The number of fused-ring (bicyclic) bond motifs is 1. The minimum atomic E-state index is -4.13. The molecule has 1 aliphatic rings. The second-order valence-corrected chi connectivity index (χ2v) is 16.2. The van der Waals surface area contributed by atoms with Crippen LogP contribution in [0.2, 0.25) is 0 Å². The Balaban J connectivity index is 1.69. The molecule has 1 aliphatic heterocycles. The lowest BCUT2D eigenvalue weighted by Gasteiger charge is -2.35. The Morgan fingerprint density at radius 3 is 2.43 bits per heavy atom. The minimum Gasteiger partial charge on any atom is -0.490 e. The first kappa shape index (κ1) is 38.2. The summed E-state index contributed by atoms with van der Waals surface area (Å²) >= 11 is 0. The Kier molecular flexibility index (Phi) is 12.5. The van der Waals surface area contributed by atoms with Crippen molar-refractivity contribution in [3.63, 3.8) is 0 Å². The Bertz CT molecular complexity index is 1800. The number of nitrogens with one attached hydrogen (secondary N) is 1. The fraction of sp³-hybridized carbons (Fsp3) is 0.515. The summed E-state index contributed by atoms with van der Waals surface area (Å²) in [6.45, 7) is 8.44. The molecule has 0 unspecified atom stereocenters. The van der Waals surface area contributed by atoms with Crippen molar-refractivity contribution in [3.05, 3.63) is 65.3 Å². The molecular formula is C33H45FN4O9S2. The second kappa shape index (κ2) is 16.0. The van der Waals surface area contributed by atoms with E-state index in [9.17, 15) is 31.1 Å². The topological polar surface area (TPSA) is 169 Å². The number of likely N-dealkylation sites (N-methyl/N-ethyl adjacent to an activating group) is 1. The molecule has 2 heterocycles. The Morgan fingerprint density at radius 2 is 1.80 bits per heavy atom. The van der Waals surface area contributed by atoms with Gasteiger partial charge in [-0.15, -0.1) is 0 Å². The number of aryl methyl sites for hydroxylation is 2. The number of aromatic nitrogens is 1. The molecule has 0 radical (unpaired) electrons. The fourth-order valence-corrected chi connectivity index (χ4v) is 8.14. The highest BCUT2D eigenvalue weighted by Gasteiger charge is 2.34. The van der Waals surface area contributed by atoms with Crippen LogP contribution in [0, 0.1) is 25.6 Å². The van der Waals surface area contributed by atoms with E-state index in [1.165, 1.54) is 41.4 Å². The van der Waals surface area contributed by atoms with Gasteiger partial charge in [0.05, 0.1) is 35.3 Å². The minimum absolute atomic E-state index is 0.00861. The van der Waals surface area contributed by atoms with Crippen LogP contribution in [-0.2, 0) is 24.8 Å². The Labute approximate surface area is 287 Å². The van der Waals surface area contributed by atoms with Crippen molar-refractivity contribution < 1.29 is 45.1 Å². The summed E-state index contributed by atoms with van der Waals surface area (Å²) in [7, 11) is -6.67. The monoisotopic (exact) mass is 724 g/mol. The van der Waals surface area contributed by atoms with Crippen molar-refractivity contribution in [3.8, 4) is 5.75 Å². The Hall–Kier alpha value is -3.57. The molecule has 0 spiro atoms. The third-order valence-electron chi connectivity index (χ3n) is 8.50. The predicted octanol–water partition coefficient (Wildman–Crippen LogP) is 4.35. The van der Waals surface area contributed by atoms with E-state index in [1.807, 2.05) is 13.8 Å². The first-order chi connectivity index (χ1) is 23.0. The quantitative estimate of drug-likeness (QED) is 0.324. The van der Waals surface area contributed by atoms with Gasteiger partial charge in [-0.2, -0.15) is 4.31 Å². The molecule has 0 bridgehead atoms. The van der Waals surface area contributed by atoms with Crippen molar-refractivity contribution >= 4 is 31.6 Å². The zero-order chi connectivity index (χ0) is 36.1. The molecule has 0 aliphatic carbocycles. The molecule has 3 aromatic rings. The maximum absolute atomic E-state index is 14.4. The molecule has 2 aromatic carbocycles. The molecule has 4 rings (SSSR count). The van der Waals surface area contributed by atoms with Crippen molar-refractivity contribution in [1.82, 2.24) is 14.4 Å². The highest BCUT2D eigenvalue weighted by Crippen LogP contribution is 2.30. The summed E-state index contributed by atoms with van der Waals surface area (Å²) in [4.78, 5) is 15.6. The van der Waals surface area contributed by atoms with Gasteiger partial charge in [0.2, 0.25) is 10.0 Å². The number of hydrogen-bond donors (Lipinski definition) is 2. The number of nitrogens with zero attached hydrogens (tertiary/aromatic N) is 3. The summed E-state index contributed by atoms with van der Waals surface area (Å²) in [5, 5.41) is 14.0. The number of benzene rings is 2. The van der Waals surface area contributed by atoms with Crippen molar-refractivity contribution in [2.24, 2.45) is 5.92 Å². The lowest BCUT2D eigenvalue weighted by molar-refractivity contribution is -0.00835. The van der Waals surface area contributed by atoms with Gasteiger partial charge in [0.1, 0.15) is 22.2 Å². The summed E-state index contributed by atoms with van der Waals surface area (Å²) in [5.74, 6) is -1.14. The SMILES string of the molecule is Cc1noc(C)c1S(=O)(=O)N(C)C[C@@H]1OCCCC[C@H](C)Oc2ccc(NS(=O)(=O)c3ccc(F)cc3)cc2C(=O)N([C@H](C)CO)C[C@@H]1C. The van der Waals surface area contributed by atoms with Gasteiger partial charge in [-0.25, -0.2) is 21.2 Å². The van der Waals surface area contributed by atoms with Crippen LogP contribution < -0.4 is 9.46 Å². The molecule has 0 saturated heterocycles. The summed E-state index contributed by atoms with van der Waals surface area (Å²) in [6.07, 6.45) is 1.05. The second-order valence-electron chi connectivity index (χ2n) is 12.5. The van der Waals surface area contributed by atoms with Crippen LogP contribution in [0.25, 0.3) is 0 Å². The number of sulfonamides is 2. The highest BCUT2D eigenvalue weighted by molar-refractivity contribution is 7.92. The molecule has 49 heavy (non-hydrogen) atoms. The molecule has 2 N–H and O–H groups in total. The summed E-state index contributed by atoms with van der Waals surface area (Å²) in [5.41, 5.74) is 0.379. The zero-order valence-electron chi connectivity index (χ0n) is 28.5. The van der Waals surface area contributed by atoms with Crippen LogP contribution in [0.1, 0.15) is 61.8 Å². The smallest absolute Gasteiger partial charge is 0.261 e. The van der Waals surface area contributed by atoms with Crippen LogP contribution in [0.4, 0.5) is 10.1 Å². The van der Waals surface area contributed by atoms with Gasteiger partial charge in [-0.05, 0) is 89.4 Å². The number of anilines is 1. The number of carbonyl (C=O) groups excluding carboxylic acids is 1. The van der Waals surface area contributed by atoms with Crippen LogP contribution in [0.3, 0.4) is 0 Å². The van der Waals surface area contributed by atoms with Crippen LogP contribution in [-0.4, -0.2) is 93.8 Å². The van der Waals surface area contributed by atoms with Crippen LogP contribution in [0.5, 0.6) is 5.75 Å². The number of amides is 1. The molecule has 13 nitrogen and oxygen atoms in total. The van der Waals surface area contributed by atoms with Crippen molar-refractivity contribution in [2.45, 2.75) is 81.9 Å². The molecular weight excluding hydrogens is 680 g/mol. The number of aliphatic hydroxyl groups excluding tert-OH is 1. The normalized spacial score (nSPS) is 20.7. The number of ether oxygens (including phenoxy) is 2. The number of rotatable bonds is 9. The lowest BCUT2D eigenvalue weighted by Crippen LogP contribution is -2.48. The Morgan fingerprint density at radius 1 is 1.10 bits per heavy atom. The van der Waals surface area contributed by atoms with Crippen molar-refractivity contribution in [2.75, 3.05) is 38.1 Å². The molecule has 4 atom stereocenters. The molecule has 1 aromatic heterocycles. The molecule has 0 fully saturated rings. The maximum atomic E-state index is 14.4. The van der Waals surface area contributed by atoms with E-state index in [0.29, 0.717) is 19.4 Å². The maximum Gasteiger partial charge on any atom is 0.261 e. The predicted molar refractivity (Wildman–Crippen MR) is 180 cm³/mol. The van der Waals surface area contributed by atoms with E-state index in [4.69, 9.17) is 14.0 Å². The van der Waals surface area contributed by atoms with Gasteiger partial charge in [0.15, 0.2) is 5.76 Å². The number of aliphatic hydroxyl groups is 1. The standard InChI is InChI=1S/C33H45FN4O9S2/c1-21-18-38(22(2)20-39)33(40)29-17-27(36-48(41,42)28-13-10-26(34)11-14-28)12-15-30(29)46-23(3)9-7-8-16-45-31(21)19-37(6)49(43,44)32-24(4)35-47-25(32)5/h10-15,17,21-23,31,36,39H,7-9,16,18-20H2,1-6H3/t21-,22+,23-,31-/m0/s1. The third kappa shape index (κ3) is 9.16. The van der Waals surface area contributed by atoms with E-state index in [1.54, 1.807) is 13.8 Å². The van der Waals surface area contributed by atoms with Gasteiger partial charge in [0, 0.05) is 38.3 Å². The first-order valence-electron chi connectivity index (χ1n) is 16.1. The lowest BCUT2D eigenvalue weighted by atomic mass is 10.0. The van der Waals surface area contributed by atoms with Crippen LogP contribution in [0.15, 0.2) is 56.8 Å². The number of halogens is 1. The number of carbonyl (C=O) groups is 1. The molecule has 1 amide bonds. The molecule has 0 saturated carbocycles. The van der Waals surface area contributed by atoms with E-state index < -0.39 is 49.8 Å². The van der Waals surface area contributed by atoms with E-state index >= 15 is 0 Å². The molecule has 16 heteroatoms. The average Bonchev–Trinajstić information content (AvgIpc) is 3.40. The highest BCUT2D eigenvalue weighted by atomic mass is 32.2. The van der Waals surface area contributed by atoms with Gasteiger partial charge in [0.25, 0.3) is 15.9 Å². The summed E-state index contributed by atoms with van der Waals surface area (Å²) in [6, 6.07) is 8.02. The van der Waals surface area contributed by atoms with Crippen LogP contribution >= 0.6 is 0 Å². The van der Waals surface area contributed by atoms with Gasteiger partial charge >= 0.3 is 0 Å². The van der Waals surface area contributed by atoms with E-state index in [-0.39, 0.29) is 64.0 Å². The first-order valence-corrected chi connectivity index (χ1v) is 19.0. The van der Waals surface area contributed by atoms with Crippen molar-refractivity contribution in [1.29, 1.82) is 0 Å². The molecule has 270 valence electrons. The summed E-state index contributed by atoms with van der Waals surface area (Å²) < 4.78 is 88.0. The number of hydrogen-bond acceptors (Lipinski definition) is 10. The van der Waals surface area contributed by atoms with Gasteiger partial charge in [-0.1, -0.05) is 12.1 Å².